The molecule has 0 aliphatic rings. The van der Waals surface area contributed by atoms with Crippen molar-refractivity contribution in [3.63, 3.8) is 0 Å². The Kier molecular flexibility index (Phi) is 8.93. The summed E-state index contributed by atoms with van der Waals surface area (Å²) in [6.45, 7) is 8.35. The number of benzene rings is 3. The summed E-state index contributed by atoms with van der Waals surface area (Å²) in [7, 11) is 0. The number of carbonyl (C=O) groups is 1. The zero-order chi connectivity index (χ0) is 24.5. The molecule has 3 aromatic carbocycles. The van der Waals surface area contributed by atoms with Crippen molar-refractivity contribution >= 4 is 23.8 Å². The van der Waals surface area contributed by atoms with Crippen LogP contribution in [0.4, 0.5) is 0 Å². The third-order valence-electron chi connectivity index (χ3n) is 5.03. The van der Waals surface area contributed by atoms with Gasteiger partial charge in [0.05, 0.1) is 12.8 Å². The highest BCUT2D eigenvalue weighted by Crippen LogP contribution is 2.29. The van der Waals surface area contributed by atoms with Gasteiger partial charge in [-0.1, -0.05) is 41.0 Å². The summed E-state index contributed by atoms with van der Waals surface area (Å²) in [5.41, 5.74) is 4.72. The highest BCUT2D eigenvalue weighted by molar-refractivity contribution is 6.32. The first-order valence-electron chi connectivity index (χ1n) is 10.9. The maximum atomic E-state index is 12.0. The van der Waals surface area contributed by atoms with Gasteiger partial charge in [0.25, 0.3) is 0 Å². The summed E-state index contributed by atoms with van der Waals surface area (Å²) < 4.78 is 17.2. The summed E-state index contributed by atoms with van der Waals surface area (Å²) in [6.07, 6.45) is 1.43. The molecule has 0 aliphatic carbocycles. The van der Waals surface area contributed by atoms with Gasteiger partial charge in [-0.3, -0.25) is 0 Å². The van der Waals surface area contributed by atoms with Crippen LogP contribution in [0.3, 0.4) is 0 Å². The average molecular weight is 482 g/mol. The van der Waals surface area contributed by atoms with E-state index in [4.69, 9.17) is 30.6 Å². The summed E-state index contributed by atoms with van der Waals surface area (Å²) in [4.78, 5) is 16.9. The fourth-order valence-corrected chi connectivity index (χ4v) is 3.33. The van der Waals surface area contributed by atoms with E-state index in [1.165, 1.54) is 6.21 Å². The van der Waals surface area contributed by atoms with E-state index >= 15 is 0 Å². The van der Waals surface area contributed by atoms with Crippen LogP contribution >= 0.6 is 11.6 Å². The molecule has 6 nitrogen and oxygen atoms in total. The molecule has 7 heteroatoms. The van der Waals surface area contributed by atoms with Crippen LogP contribution in [-0.4, -0.2) is 25.4 Å². The average Bonchev–Trinajstić information content (AvgIpc) is 2.81. The lowest BCUT2D eigenvalue weighted by Gasteiger charge is -2.13. The van der Waals surface area contributed by atoms with Gasteiger partial charge in [-0.25, -0.2) is 4.79 Å². The molecular formula is C27H28ClNO5. The number of nitrogens with zero attached hydrogens (tertiary/aromatic N) is 1. The molecule has 0 saturated carbocycles. The Morgan fingerprint density at radius 1 is 0.912 bits per heavy atom. The molecule has 0 fully saturated rings. The minimum Gasteiger partial charge on any atom is -0.490 e. The third kappa shape index (κ3) is 6.99. The van der Waals surface area contributed by atoms with Gasteiger partial charge in [-0.15, -0.1) is 0 Å². The Bertz CT molecular complexity index is 1150. The molecule has 0 aliphatic heterocycles. The van der Waals surface area contributed by atoms with E-state index in [2.05, 4.69) is 5.16 Å². The Morgan fingerprint density at radius 2 is 1.65 bits per heavy atom. The molecule has 3 rings (SSSR count). The molecule has 0 amide bonds. The Morgan fingerprint density at radius 3 is 2.35 bits per heavy atom. The molecule has 0 N–H and O–H groups in total. The summed E-state index contributed by atoms with van der Waals surface area (Å²) in [5, 5.41) is 4.45. The van der Waals surface area contributed by atoms with Gasteiger partial charge in [0.2, 0.25) is 0 Å². The van der Waals surface area contributed by atoms with Gasteiger partial charge >= 0.3 is 5.97 Å². The molecule has 0 aromatic heterocycles. The molecule has 0 unspecified atom stereocenters. The van der Waals surface area contributed by atoms with Gasteiger partial charge in [0, 0.05) is 10.6 Å². The number of rotatable bonds is 10. The van der Waals surface area contributed by atoms with E-state index in [9.17, 15) is 4.79 Å². The van der Waals surface area contributed by atoms with Crippen molar-refractivity contribution in [2.45, 2.75) is 34.3 Å². The summed E-state index contributed by atoms with van der Waals surface area (Å²) in [5.74, 6) is 1.14. The lowest BCUT2D eigenvalue weighted by molar-refractivity contribution is -0.145. The molecule has 0 atom stereocenters. The monoisotopic (exact) mass is 481 g/mol. The maximum Gasteiger partial charge on any atom is 0.372 e. The van der Waals surface area contributed by atoms with E-state index in [1.807, 2.05) is 58.0 Å². The first-order chi connectivity index (χ1) is 16.4. The van der Waals surface area contributed by atoms with Crippen molar-refractivity contribution in [1.82, 2.24) is 0 Å². The second kappa shape index (κ2) is 12.1. The molecule has 0 bridgehead atoms. The van der Waals surface area contributed by atoms with Crippen LogP contribution in [0.25, 0.3) is 0 Å². The largest absolute Gasteiger partial charge is 0.490 e. The lowest BCUT2D eigenvalue weighted by atomic mass is 10.1. The van der Waals surface area contributed by atoms with Crippen LogP contribution in [0.5, 0.6) is 17.2 Å². The van der Waals surface area contributed by atoms with Crippen LogP contribution in [0.15, 0.2) is 59.8 Å². The van der Waals surface area contributed by atoms with E-state index < -0.39 is 5.97 Å². The van der Waals surface area contributed by atoms with Gasteiger partial charge in [0.15, 0.2) is 18.1 Å². The van der Waals surface area contributed by atoms with E-state index in [1.54, 1.807) is 24.3 Å². The van der Waals surface area contributed by atoms with Gasteiger partial charge in [-0.2, -0.15) is 0 Å². The fraction of sp³-hybridized carbons (Fsp3) is 0.259. The number of halogens is 1. The van der Waals surface area contributed by atoms with E-state index in [0.29, 0.717) is 41.0 Å². The maximum absolute atomic E-state index is 12.0. The SMILES string of the molecule is CCOc1cc(C=NOC(=O)COc2cc(C)c(Cl)c(C)c2)ccc1OCc1ccccc1C. The topological polar surface area (TPSA) is 66.4 Å². The second-order valence-corrected chi connectivity index (χ2v) is 8.09. The first-order valence-corrected chi connectivity index (χ1v) is 11.3. The summed E-state index contributed by atoms with van der Waals surface area (Å²) in [6, 6.07) is 17.0. The molecule has 0 radical (unpaired) electrons. The van der Waals surface area contributed by atoms with Crippen LogP contribution in [0, 0.1) is 20.8 Å². The molecular weight excluding hydrogens is 454 g/mol. The predicted molar refractivity (Wildman–Crippen MR) is 133 cm³/mol. The van der Waals surface area contributed by atoms with Crippen molar-refractivity contribution < 1.29 is 23.8 Å². The molecule has 0 spiro atoms. The number of carbonyl (C=O) groups excluding carboxylic acids is 1. The number of ether oxygens (including phenoxy) is 3. The van der Waals surface area contributed by atoms with Gasteiger partial charge < -0.3 is 19.0 Å². The van der Waals surface area contributed by atoms with Crippen molar-refractivity contribution in [1.29, 1.82) is 0 Å². The number of hydrogen-bond donors (Lipinski definition) is 0. The Balaban J connectivity index is 1.56. The van der Waals surface area contributed by atoms with Crippen molar-refractivity contribution in [3.05, 3.63) is 87.4 Å². The van der Waals surface area contributed by atoms with Gasteiger partial charge in [0.1, 0.15) is 12.4 Å². The normalized spacial score (nSPS) is 10.9. The first kappa shape index (κ1) is 25.1. The van der Waals surface area contributed by atoms with E-state index in [0.717, 1.165) is 22.3 Å². The molecule has 0 saturated heterocycles. The lowest BCUT2D eigenvalue weighted by Crippen LogP contribution is -2.12. The number of aryl methyl sites for hydroxylation is 3. The highest BCUT2D eigenvalue weighted by atomic mass is 35.5. The van der Waals surface area contributed by atoms with Gasteiger partial charge in [-0.05, 0) is 80.3 Å². The minimum absolute atomic E-state index is 0.270. The highest BCUT2D eigenvalue weighted by Gasteiger charge is 2.09. The predicted octanol–water partition coefficient (Wildman–Crippen LogP) is 6.20. The minimum atomic E-state index is -0.621. The molecule has 0 heterocycles. The van der Waals surface area contributed by atoms with Crippen LogP contribution < -0.4 is 14.2 Å². The molecule has 3 aromatic rings. The van der Waals surface area contributed by atoms with Crippen LogP contribution in [-0.2, 0) is 16.2 Å². The zero-order valence-electron chi connectivity index (χ0n) is 19.8. The standard InChI is InChI=1S/C27H28ClNO5/c1-5-31-25-14-21(10-11-24(25)33-16-22-9-7-6-8-18(22)2)15-29-34-26(30)17-32-23-12-19(3)27(28)20(4)13-23/h6-15H,5,16-17H2,1-4H3. The Hall–Kier alpha value is -3.51. The summed E-state index contributed by atoms with van der Waals surface area (Å²) >= 11 is 6.15. The van der Waals surface area contributed by atoms with Crippen molar-refractivity contribution in [3.8, 4) is 17.2 Å². The fourth-order valence-electron chi connectivity index (χ4n) is 3.22. The van der Waals surface area contributed by atoms with Crippen molar-refractivity contribution in [2.75, 3.05) is 13.2 Å². The van der Waals surface area contributed by atoms with Crippen LogP contribution in [0.1, 0.15) is 34.7 Å². The smallest absolute Gasteiger partial charge is 0.372 e. The molecule has 178 valence electrons. The zero-order valence-corrected chi connectivity index (χ0v) is 20.5. The third-order valence-corrected chi connectivity index (χ3v) is 5.63. The number of oxime groups is 1. The second-order valence-electron chi connectivity index (χ2n) is 7.71. The van der Waals surface area contributed by atoms with E-state index in [-0.39, 0.29) is 6.61 Å². The Labute approximate surface area is 205 Å². The quantitative estimate of drug-likeness (QED) is 0.196. The van der Waals surface area contributed by atoms with Crippen LogP contribution in [0.2, 0.25) is 5.02 Å². The van der Waals surface area contributed by atoms with Crippen molar-refractivity contribution in [2.24, 2.45) is 5.16 Å². The molecule has 34 heavy (non-hydrogen) atoms. The number of hydrogen-bond acceptors (Lipinski definition) is 6.